The van der Waals surface area contributed by atoms with Gasteiger partial charge in [0.1, 0.15) is 6.54 Å². The minimum absolute atomic E-state index is 0.123. The van der Waals surface area contributed by atoms with Crippen LogP contribution in [0.3, 0.4) is 0 Å². The molecule has 7 heteroatoms. The molecule has 1 fully saturated rings. The summed E-state index contributed by atoms with van der Waals surface area (Å²) >= 11 is 0. The number of carboxylic acid groups (broad SMARTS) is 1. The molecular weight excluding hydrogens is 238 g/mol. The smallest absolute Gasteiger partial charge is 0.323 e. The minimum Gasteiger partial charge on any atom is -0.480 e. The number of carbonyl (C=O) groups is 3. The van der Waals surface area contributed by atoms with Gasteiger partial charge in [-0.3, -0.25) is 9.59 Å². The van der Waals surface area contributed by atoms with E-state index in [1.807, 2.05) is 0 Å². The van der Waals surface area contributed by atoms with Crippen LogP contribution in [0, 0.1) is 12.3 Å². The summed E-state index contributed by atoms with van der Waals surface area (Å²) in [4.78, 5) is 34.3. The summed E-state index contributed by atoms with van der Waals surface area (Å²) in [6.45, 7) is -0.807. The molecule has 0 unspecified atom stereocenters. The van der Waals surface area contributed by atoms with Gasteiger partial charge in [-0.25, -0.2) is 4.79 Å². The van der Waals surface area contributed by atoms with Gasteiger partial charge in [-0.2, -0.15) is 0 Å². The fourth-order valence-electron chi connectivity index (χ4n) is 1.25. The first-order valence-electron chi connectivity index (χ1n) is 5.50. The minimum atomic E-state index is -1.16. The highest BCUT2D eigenvalue weighted by Gasteiger charge is 2.23. The molecule has 1 aliphatic rings. The van der Waals surface area contributed by atoms with Gasteiger partial charge in [0, 0.05) is 6.04 Å². The van der Waals surface area contributed by atoms with Crippen molar-refractivity contribution in [2.45, 2.75) is 18.9 Å². The highest BCUT2D eigenvalue weighted by molar-refractivity contribution is 5.85. The molecule has 0 aromatic carbocycles. The van der Waals surface area contributed by atoms with Crippen molar-refractivity contribution in [2.24, 2.45) is 0 Å². The van der Waals surface area contributed by atoms with Crippen LogP contribution in [-0.2, 0) is 9.59 Å². The first kappa shape index (κ1) is 13.8. The van der Waals surface area contributed by atoms with E-state index in [4.69, 9.17) is 11.5 Å². The van der Waals surface area contributed by atoms with E-state index in [1.165, 1.54) is 0 Å². The van der Waals surface area contributed by atoms with Crippen molar-refractivity contribution in [3.8, 4) is 12.3 Å². The fraction of sp³-hybridized carbons (Fsp3) is 0.545. The Morgan fingerprint density at radius 1 is 1.39 bits per heavy atom. The second kappa shape index (κ2) is 6.49. The Morgan fingerprint density at radius 2 is 2.06 bits per heavy atom. The summed E-state index contributed by atoms with van der Waals surface area (Å²) in [5.74, 6) is 0.731. The van der Waals surface area contributed by atoms with E-state index >= 15 is 0 Å². The van der Waals surface area contributed by atoms with Gasteiger partial charge in [-0.1, -0.05) is 5.92 Å². The van der Waals surface area contributed by atoms with Gasteiger partial charge in [0.05, 0.1) is 13.1 Å². The number of carbonyl (C=O) groups excluding carboxylic acids is 2. The largest absolute Gasteiger partial charge is 0.480 e. The number of aliphatic carboxylic acids is 1. The molecule has 0 aromatic heterocycles. The average Bonchev–Trinajstić information content (AvgIpc) is 3.08. The van der Waals surface area contributed by atoms with Crippen molar-refractivity contribution >= 4 is 17.9 Å². The van der Waals surface area contributed by atoms with Crippen LogP contribution in [0.25, 0.3) is 0 Å². The number of hydrogen-bond donors (Lipinski definition) is 3. The molecular formula is C11H15N3O4. The molecule has 0 aromatic rings. The van der Waals surface area contributed by atoms with Gasteiger partial charge in [-0.05, 0) is 12.8 Å². The van der Waals surface area contributed by atoms with Crippen LogP contribution in [0.2, 0.25) is 0 Å². The van der Waals surface area contributed by atoms with Crippen LogP contribution in [0.15, 0.2) is 0 Å². The molecule has 1 saturated carbocycles. The number of carboxylic acids is 1. The standard InChI is InChI=1S/C11H15N3O4/c1-2-5-14(7-10(16)17)11(18)12-6-9(15)13-8-3-4-8/h1,8H,3-7H2,(H,12,18)(H,13,15)(H,16,17). The second-order valence-electron chi connectivity index (χ2n) is 3.95. The number of nitrogens with zero attached hydrogens (tertiary/aromatic N) is 1. The topological polar surface area (TPSA) is 98.7 Å². The molecule has 0 saturated heterocycles. The predicted octanol–water partition coefficient (Wildman–Crippen LogP) is -1.01. The lowest BCUT2D eigenvalue weighted by Gasteiger charge is -2.18. The van der Waals surface area contributed by atoms with E-state index < -0.39 is 18.5 Å². The SMILES string of the molecule is C#CCN(CC(=O)O)C(=O)NCC(=O)NC1CC1. The van der Waals surface area contributed by atoms with Gasteiger partial charge < -0.3 is 20.6 Å². The summed E-state index contributed by atoms with van der Waals surface area (Å²) in [7, 11) is 0. The van der Waals surface area contributed by atoms with E-state index in [2.05, 4.69) is 16.6 Å². The third-order valence-electron chi connectivity index (χ3n) is 2.24. The van der Waals surface area contributed by atoms with Crippen LogP contribution in [0.5, 0.6) is 0 Å². The Labute approximate surface area is 105 Å². The van der Waals surface area contributed by atoms with Gasteiger partial charge in [0.15, 0.2) is 0 Å². The Balaban J connectivity index is 2.32. The monoisotopic (exact) mass is 253 g/mol. The Hall–Kier alpha value is -2.23. The fourth-order valence-corrected chi connectivity index (χ4v) is 1.25. The van der Waals surface area contributed by atoms with Gasteiger partial charge in [0.2, 0.25) is 5.91 Å². The molecule has 0 bridgehead atoms. The van der Waals surface area contributed by atoms with Crippen molar-refractivity contribution in [3.63, 3.8) is 0 Å². The molecule has 0 radical (unpaired) electrons. The maximum atomic E-state index is 11.6. The molecule has 18 heavy (non-hydrogen) atoms. The first-order chi connectivity index (χ1) is 8.52. The van der Waals surface area contributed by atoms with Crippen molar-refractivity contribution in [1.82, 2.24) is 15.5 Å². The molecule has 1 aliphatic carbocycles. The quantitative estimate of drug-likeness (QED) is 0.528. The average molecular weight is 253 g/mol. The van der Waals surface area contributed by atoms with Gasteiger partial charge in [-0.15, -0.1) is 6.42 Å². The highest BCUT2D eigenvalue weighted by atomic mass is 16.4. The molecule has 7 nitrogen and oxygen atoms in total. The van der Waals surface area contributed by atoms with E-state index in [0.29, 0.717) is 0 Å². The summed E-state index contributed by atoms with van der Waals surface area (Å²) < 4.78 is 0. The predicted molar refractivity (Wildman–Crippen MR) is 62.6 cm³/mol. The van der Waals surface area contributed by atoms with Crippen LogP contribution in [-0.4, -0.2) is 53.6 Å². The zero-order valence-corrected chi connectivity index (χ0v) is 9.81. The van der Waals surface area contributed by atoms with Crippen molar-refractivity contribution in [2.75, 3.05) is 19.6 Å². The molecule has 98 valence electrons. The lowest BCUT2D eigenvalue weighted by molar-refractivity contribution is -0.137. The lowest BCUT2D eigenvalue weighted by Crippen LogP contribution is -2.46. The van der Waals surface area contributed by atoms with E-state index in [9.17, 15) is 14.4 Å². The molecule has 0 spiro atoms. The lowest BCUT2D eigenvalue weighted by atomic mass is 10.5. The normalized spacial score (nSPS) is 13.3. The molecule has 1 rings (SSSR count). The summed E-state index contributed by atoms with van der Waals surface area (Å²) in [6, 6.07) is -0.448. The Kier molecular flexibility index (Phi) is 4.99. The van der Waals surface area contributed by atoms with Crippen molar-refractivity contribution in [1.29, 1.82) is 0 Å². The third-order valence-corrected chi connectivity index (χ3v) is 2.24. The van der Waals surface area contributed by atoms with Gasteiger partial charge >= 0.3 is 12.0 Å². The number of amides is 3. The number of terminal acetylenes is 1. The van der Waals surface area contributed by atoms with Gasteiger partial charge in [0.25, 0.3) is 0 Å². The molecule has 0 heterocycles. The number of urea groups is 1. The van der Waals surface area contributed by atoms with E-state index in [-0.39, 0.29) is 25.0 Å². The summed E-state index contributed by atoms with van der Waals surface area (Å²) in [6.07, 6.45) is 6.95. The van der Waals surface area contributed by atoms with Crippen molar-refractivity contribution < 1.29 is 19.5 Å². The molecule has 3 N–H and O–H groups in total. The number of rotatable bonds is 6. The molecule has 0 atom stereocenters. The van der Waals surface area contributed by atoms with Crippen LogP contribution < -0.4 is 10.6 Å². The first-order valence-corrected chi connectivity index (χ1v) is 5.50. The third kappa shape index (κ3) is 5.21. The zero-order chi connectivity index (χ0) is 13.5. The Morgan fingerprint density at radius 3 is 2.56 bits per heavy atom. The maximum Gasteiger partial charge on any atom is 0.323 e. The van der Waals surface area contributed by atoms with Crippen molar-refractivity contribution in [3.05, 3.63) is 0 Å². The van der Waals surface area contributed by atoms with E-state index in [0.717, 1.165) is 17.7 Å². The van der Waals surface area contributed by atoms with Crippen LogP contribution in [0.4, 0.5) is 4.79 Å². The Bertz CT molecular complexity index is 384. The number of nitrogens with one attached hydrogen (secondary N) is 2. The molecule has 0 aliphatic heterocycles. The summed E-state index contributed by atoms with van der Waals surface area (Å²) in [5.41, 5.74) is 0. The number of hydrogen-bond acceptors (Lipinski definition) is 3. The maximum absolute atomic E-state index is 11.6. The van der Waals surface area contributed by atoms with Crippen LogP contribution in [0.1, 0.15) is 12.8 Å². The molecule has 3 amide bonds. The van der Waals surface area contributed by atoms with Crippen LogP contribution >= 0.6 is 0 Å². The highest BCUT2D eigenvalue weighted by Crippen LogP contribution is 2.18. The summed E-state index contributed by atoms with van der Waals surface area (Å²) in [5, 5.41) is 13.6. The second-order valence-corrected chi connectivity index (χ2v) is 3.95. The zero-order valence-electron chi connectivity index (χ0n) is 9.81. The van der Waals surface area contributed by atoms with E-state index in [1.54, 1.807) is 0 Å².